The van der Waals surface area contributed by atoms with Gasteiger partial charge >= 0.3 is 0 Å². The summed E-state index contributed by atoms with van der Waals surface area (Å²) in [7, 11) is 0. The fourth-order valence-electron chi connectivity index (χ4n) is 2.52. The van der Waals surface area contributed by atoms with Gasteiger partial charge in [0.25, 0.3) is 11.7 Å². The zero-order valence-electron chi connectivity index (χ0n) is 11.7. The molecule has 0 N–H and O–H groups in total. The van der Waals surface area contributed by atoms with Crippen LogP contribution >= 0.6 is 11.6 Å². The van der Waals surface area contributed by atoms with Gasteiger partial charge in [0, 0.05) is 11.2 Å². The highest BCUT2D eigenvalue weighted by Gasteiger charge is 2.37. The van der Waals surface area contributed by atoms with Gasteiger partial charge in [-0.1, -0.05) is 17.7 Å². The van der Waals surface area contributed by atoms with Gasteiger partial charge in [-0.05, 0) is 43.2 Å². The Morgan fingerprint density at radius 3 is 2.67 bits per heavy atom. The smallest absolute Gasteiger partial charge is 0.298 e. The molecule has 1 aromatic heterocycles. The normalized spacial score (nSPS) is 13.8. The lowest BCUT2D eigenvalue weighted by Gasteiger charge is -2.19. The summed E-state index contributed by atoms with van der Waals surface area (Å²) >= 11 is 5.94. The maximum absolute atomic E-state index is 12.2. The summed E-state index contributed by atoms with van der Waals surface area (Å²) in [5, 5.41) is 0.555. The molecule has 0 saturated heterocycles. The molecule has 5 heteroatoms. The van der Waals surface area contributed by atoms with Crippen molar-refractivity contribution >= 4 is 29.0 Å². The number of aromatic nitrogens is 1. The number of carbonyl (C=O) groups is 2. The molecule has 1 amide bonds. The van der Waals surface area contributed by atoms with E-state index in [1.807, 2.05) is 19.9 Å². The van der Waals surface area contributed by atoms with Crippen LogP contribution in [-0.2, 0) is 11.3 Å². The van der Waals surface area contributed by atoms with Gasteiger partial charge in [0.15, 0.2) is 0 Å². The molecule has 3 rings (SSSR count). The van der Waals surface area contributed by atoms with E-state index in [1.165, 1.54) is 4.90 Å². The molecule has 2 aromatic rings. The fourth-order valence-corrected chi connectivity index (χ4v) is 2.70. The van der Waals surface area contributed by atoms with Gasteiger partial charge in [-0.15, -0.1) is 0 Å². The largest absolute Gasteiger partial charge is 0.299 e. The summed E-state index contributed by atoms with van der Waals surface area (Å²) in [6.07, 6.45) is 1.59. The molecule has 0 saturated carbocycles. The molecule has 4 nitrogen and oxygen atoms in total. The third-order valence-electron chi connectivity index (χ3n) is 3.75. The second-order valence-corrected chi connectivity index (χ2v) is 5.53. The Morgan fingerprint density at radius 1 is 1.19 bits per heavy atom. The number of amides is 1. The maximum Gasteiger partial charge on any atom is 0.299 e. The minimum Gasteiger partial charge on any atom is -0.298 e. The first-order chi connectivity index (χ1) is 9.99. The monoisotopic (exact) mass is 300 g/mol. The number of halogens is 1. The van der Waals surface area contributed by atoms with Crippen LogP contribution in [0.15, 0.2) is 30.5 Å². The van der Waals surface area contributed by atoms with Crippen LogP contribution in [0.5, 0.6) is 0 Å². The number of carbonyl (C=O) groups excluding carboxylic acids is 2. The standard InChI is InChI=1S/C16H13ClN2O2/c1-9-3-4-13-14(10(9)2)19(16(21)15(13)20)8-12-7-11(17)5-6-18-12/h3-7H,8H2,1-2H3. The van der Waals surface area contributed by atoms with Crippen LogP contribution in [0.3, 0.4) is 0 Å². The number of fused-ring (bicyclic) bond motifs is 1. The number of anilines is 1. The molecule has 0 radical (unpaired) electrons. The minimum absolute atomic E-state index is 0.239. The Kier molecular flexibility index (Phi) is 3.26. The van der Waals surface area contributed by atoms with Crippen molar-refractivity contribution in [1.82, 2.24) is 4.98 Å². The Labute approximate surface area is 127 Å². The lowest BCUT2D eigenvalue weighted by atomic mass is 10.0. The number of nitrogens with zero attached hydrogens (tertiary/aromatic N) is 2. The van der Waals surface area contributed by atoms with Crippen molar-refractivity contribution in [2.24, 2.45) is 0 Å². The van der Waals surface area contributed by atoms with E-state index in [2.05, 4.69) is 4.98 Å². The molecule has 106 valence electrons. The van der Waals surface area contributed by atoms with E-state index in [1.54, 1.807) is 24.4 Å². The number of pyridine rings is 1. The van der Waals surface area contributed by atoms with Crippen LogP contribution in [-0.4, -0.2) is 16.7 Å². The second kappa shape index (κ2) is 4.97. The summed E-state index contributed by atoms with van der Waals surface area (Å²) in [6, 6.07) is 6.94. The van der Waals surface area contributed by atoms with E-state index in [0.717, 1.165) is 11.1 Å². The molecule has 1 aromatic carbocycles. The van der Waals surface area contributed by atoms with E-state index in [0.29, 0.717) is 22.0 Å². The molecular formula is C16H13ClN2O2. The van der Waals surface area contributed by atoms with Crippen LogP contribution in [0, 0.1) is 13.8 Å². The molecule has 1 aliphatic heterocycles. The zero-order chi connectivity index (χ0) is 15.1. The molecule has 2 heterocycles. The molecule has 0 bridgehead atoms. The van der Waals surface area contributed by atoms with Crippen LogP contribution < -0.4 is 4.90 Å². The first kappa shape index (κ1) is 13.8. The Balaban J connectivity index is 2.07. The van der Waals surface area contributed by atoms with Crippen LogP contribution in [0.1, 0.15) is 27.2 Å². The Bertz CT molecular complexity index is 771. The fraction of sp³-hybridized carbons (Fsp3) is 0.188. The van der Waals surface area contributed by atoms with Gasteiger partial charge in [-0.25, -0.2) is 0 Å². The molecule has 0 unspecified atom stereocenters. The number of ketones is 1. The molecule has 0 aliphatic carbocycles. The molecule has 21 heavy (non-hydrogen) atoms. The van der Waals surface area contributed by atoms with Gasteiger partial charge in [-0.2, -0.15) is 0 Å². The van der Waals surface area contributed by atoms with Crippen molar-refractivity contribution in [2.75, 3.05) is 4.90 Å². The number of rotatable bonds is 2. The quantitative estimate of drug-likeness (QED) is 0.801. The first-order valence-electron chi connectivity index (χ1n) is 6.56. The summed E-state index contributed by atoms with van der Waals surface area (Å²) in [4.78, 5) is 30.0. The Morgan fingerprint density at radius 2 is 1.95 bits per heavy atom. The van der Waals surface area contributed by atoms with Crippen molar-refractivity contribution in [3.8, 4) is 0 Å². The lowest BCUT2D eigenvalue weighted by Crippen LogP contribution is -2.29. The van der Waals surface area contributed by atoms with Crippen molar-refractivity contribution in [3.05, 3.63) is 57.9 Å². The number of hydrogen-bond acceptors (Lipinski definition) is 3. The molecule has 0 spiro atoms. The third-order valence-corrected chi connectivity index (χ3v) is 3.99. The molecule has 0 atom stereocenters. The van der Waals surface area contributed by atoms with Gasteiger partial charge in [0.05, 0.1) is 23.5 Å². The number of hydrogen-bond donors (Lipinski definition) is 0. The first-order valence-corrected chi connectivity index (χ1v) is 6.93. The number of benzene rings is 1. The van der Waals surface area contributed by atoms with E-state index < -0.39 is 11.7 Å². The van der Waals surface area contributed by atoms with E-state index >= 15 is 0 Å². The highest BCUT2D eigenvalue weighted by atomic mass is 35.5. The highest BCUT2D eigenvalue weighted by Crippen LogP contribution is 2.35. The van der Waals surface area contributed by atoms with Crippen molar-refractivity contribution in [1.29, 1.82) is 0 Å². The minimum atomic E-state index is -0.513. The van der Waals surface area contributed by atoms with Gasteiger partial charge in [0.1, 0.15) is 0 Å². The zero-order valence-corrected chi connectivity index (χ0v) is 12.4. The topological polar surface area (TPSA) is 50.3 Å². The lowest BCUT2D eigenvalue weighted by molar-refractivity contribution is -0.114. The molecular weight excluding hydrogens is 288 g/mol. The number of Topliss-reactive ketones (excluding diaryl/α,β-unsaturated/α-hetero) is 1. The SMILES string of the molecule is Cc1ccc2c(c1C)N(Cc1cc(Cl)ccn1)C(=O)C2=O. The highest BCUT2D eigenvalue weighted by molar-refractivity contribution is 6.52. The predicted molar refractivity (Wildman–Crippen MR) is 80.7 cm³/mol. The third kappa shape index (κ3) is 2.21. The van der Waals surface area contributed by atoms with Crippen LogP contribution in [0.25, 0.3) is 0 Å². The van der Waals surface area contributed by atoms with Gasteiger partial charge in [0.2, 0.25) is 0 Å². The summed E-state index contributed by atoms with van der Waals surface area (Å²) in [5.41, 5.74) is 3.78. The van der Waals surface area contributed by atoms with Crippen LogP contribution in [0.4, 0.5) is 5.69 Å². The van der Waals surface area contributed by atoms with Crippen LogP contribution in [0.2, 0.25) is 5.02 Å². The van der Waals surface area contributed by atoms with Crippen molar-refractivity contribution in [2.45, 2.75) is 20.4 Å². The summed E-state index contributed by atoms with van der Waals surface area (Å²) in [6.45, 7) is 4.11. The van der Waals surface area contributed by atoms with Crippen molar-refractivity contribution < 1.29 is 9.59 Å². The van der Waals surface area contributed by atoms with Gasteiger partial charge in [-0.3, -0.25) is 19.5 Å². The second-order valence-electron chi connectivity index (χ2n) is 5.09. The van der Waals surface area contributed by atoms with Gasteiger partial charge < -0.3 is 0 Å². The average molecular weight is 301 g/mol. The molecule has 1 aliphatic rings. The average Bonchev–Trinajstić information content (AvgIpc) is 2.69. The van der Waals surface area contributed by atoms with E-state index in [4.69, 9.17) is 11.6 Å². The van der Waals surface area contributed by atoms with Crippen molar-refractivity contribution in [3.63, 3.8) is 0 Å². The van der Waals surface area contributed by atoms with E-state index in [-0.39, 0.29) is 6.54 Å². The predicted octanol–water partition coefficient (Wildman–Crippen LogP) is 3.08. The van der Waals surface area contributed by atoms with E-state index in [9.17, 15) is 9.59 Å². The number of aryl methyl sites for hydroxylation is 1. The summed E-state index contributed by atoms with van der Waals surface area (Å²) < 4.78 is 0. The Hall–Kier alpha value is -2.20. The summed E-state index contributed by atoms with van der Waals surface area (Å²) in [5.74, 6) is -0.976. The maximum atomic E-state index is 12.2. The molecule has 0 fully saturated rings.